The fourth-order valence-corrected chi connectivity index (χ4v) is 3.41. The maximum absolute atomic E-state index is 12.1. The largest absolute Gasteiger partial charge is 0.369 e. The summed E-state index contributed by atoms with van der Waals surface area (Å²) in [6.45, 7) is 0.695. The van der Waals surface area contributed by atoms with Gasteiger partial charge in [0.25, 0.3) is 0 Å². The van der Waals surface area contributed by atoms with Crippen molar-refractivity contribution in [2.75, 3.05) is 26.0 Å². The Labute approximate surface area is 147 Å². The van der Waals surface area contributed by atoms with Crippen molar-refractivity contribution < 1.29 is 8.42 Å². The molecule has 6 nitrogen and oxygen atoms in total. The molecule has 1 N–H and O–H groups in total. The molecule has 0 amide bonds. The summed E-state index contributed by atoms with van der Waals surface area (Å²) in [6.07, 6.45) is 2.31. The summed E-state index contributed by atoms with van der Waals surface area (Å²) in [6, 6.07) is 14.8. The Bertz CT molecular complexity index is 965. The maximum Gasteiger partial charge on any atom is 0.242 e. The normalized spacial score (nSPS) is 11.8. The molecule has 0 saturated heterocycles. The van der Waals surface area contributed by atoms with Gasteiger partial charge in [0, 0.05) is 26.0 Å². The van der Waals surface area contributed by atoms with Gasteiger partial charge in [-0.25, -0.2) is 22.7 Å². The van der Waals surface area contributed by atoms with Crippen molar-refractivity contribution in [2.45, 2.75) is 11.3 Å². The van der Waals surface area contributed by atoms with Crippen LogP contribution in [0.25, 0.3) is 10.9 Å². The topological polar surface area (TPSA) is 75.2 Å². The van der Waals surface area contributed by atoms with Crippen molar-refractivity contribution in [2.24, 2.45) is 0 Å². The van der Waals surface area contributed by atoms with Gasteiger partial charge < -0.3 is 5.32 Å². The molecule has 0 radical (unpaired) electrons. The number of fused-ring (bicyclic) bond motifs is 1. The first kappa shape index (κ1) is 17.3. The average molecular weight is 356 g/mol. The lowest BCUT2D eigenvalue weighted by atomic mass is 10.1. The van der Waals surface area contributed by atoms with Crippen LogP contribution in [0.1, 0.15) is 5.56 Å². The smallest absolute Gasteiger partial charge is 0.242 e. The van der Waals surface area contributed by atoms with E-state index in [1.165, 1.54) is 18.4 Å². The minimum absolute atomic E-state index is 0.302. The second-order valence-electron chi connectivity index (χ2n) is 5.85. The number of anilines is 1. The van der Waals surface area contributed by atoms with Crippen molar-refractivity contribution in [1.29, 1.82) is 0 Å². The molecule has 130 valence electrons. The molecule has 3 aromatic rings. The zero-order chi connectivity index (χ0) is 17.9. The lowest BCUT2D eigenvalue weighted by molar-refractivity contribution is 0.520. The zero-order valence-electron chi connectivity index (χ0n) is 14.2. The van der Waals surface area contributed by atoms with E-state index in [0.29, 0.717) is 11.4 Å². The highest BCUT2D eigenvalue weighted by Gasteiger charge is 2.16. The molecule has 0 aliphatic carbocycles. The molecule has 25 heavy (non-hydrogen) atoms. The predicted octanol–water partition coefficient (Wildman–Crippen LogP) is 2.53. The van der Waals surface area contributed by atoms with Crippen molar-refractivity contribution in [3.05, 3.63) is 60.4 Å². The van der Waals surface area contributed by atoms with Gasteiger partial charge in [0.15, 0.2) is 0 Å². The molecule has 0 spiro atoms. The van der Waals surface area contributed by atoms with Gasteiger partial charge in [-0.15, -0.1) is 0 Å². The van der Waals surface area contributed by atoms with Crippen LogP contribution in [0.4, 0.5) is 5.82 Å². The van der Waals surface area contributed by atoms with Gasteiger partial charge in [0.2, 0.25) is 10.0 Å². The van der Waals surface area contributed by atoms with Gasteiger partial charge in [-0.2, -0.15) is 0 Å². The van der Waals surface area contributed by atoms with E-state index in [1.54, 1.807) is 18.5 Å². The van der Waals surface area contributed by atoms with Gasteiger partial charge in [0.1, 0.15) is 12.1 Å². The summed E-state index contributed by atoms with van der Waals surface area (Å²) in [5.41, 5.74) is 1.96. The van der Waals surface area contributed by atoms with Crippen molar-refractivity contribution in [1.82, 2.24) is 14.3 Å². The first-order chi connectivity index (χ1) is 12.0. The minimum Gasteiger partial charge on any atom is -0.369 e. The molecule has 2 aromatic carbocycles. The van der Waals surface area contributed by atoms with Crippen molar-refractivity contribution in [3.63, 3.8) is 0 Å². The molecule has 0 fully saturated rings. The first-order valence-corrected chi connectivity index (χ1v) is 9.37. The lowest BCUT2D eigenvalue weighted by Crippen LogP contribution is -2.22. The Kier molecular flexibility index (Phi) is 4.96. The summed E-state index contributed by atoms with van der Waals surface area (Å²) >= 11 is 0. The number of aromatic nitrogens is 2. The average Bonchev–Trinajstić information content (AvgIpc) is 2.62. The second-order valence-corrected chi connectivity index (χ2v) is 8.00. The minimum atomic E-state index is -3.38. The Morgan fingerprint density at radius 2 is 1.72 bits per heavy atom. The van der Waals surface area contributed by atoms with E-state index in [2.05, 4.69) is 15.3 Å². The zero-order valence-corrected chi connectivity index (χ0v) is 15.0. The number of benzene rings is 2. The number of sulfonamides is 1. The first-order valence-electron chi connectivity index (χ1n) is 7.93. The fourth-order valence-electron chi connectivity index (χ4n) is 2.51. The number of hydrogen-bond acceptors (Lipinski definition) is 5. The highest BCUT2D eigenvalue weighted by molar-refractivity contribution is 7.89. The second kappa shape index (κ2) is 7.16. The van der Waals surface area contributed by atoms with E-state index in [1.807, 2.05) is 36.4 Å². The van der Waals surface area contributed by atoms with Gasteiger partial charge in [0.05, 0.1) is 10.4 Å². The summed E-state index contributed by atoms with van der Waals surface area (Å²) in [4.78, 5) is 8.84. The summed E-state index contributed by atoms with van der Waals surface area (Å²) in [7, 11) is -0.327. The van der Waals surface area contributed by atoms with E-state index in [9.17, 15) is 8.42 Å². The molecule has 1 heterocycles. The predicted molar refractivity (Wildman–Crippen MR) is 99.0 cm³/mol. The monoisotopic (exact) mass is 356 g/mol. The number of rotatable bonds is 6. The molecular weight excluding hydrogens is 336 g/mol. The van der Waals surface area contributed by atoms with Crippen LogP contribution in [-0.4, -0.2) is 43.3 Å². The Hall–Kier alpha value is -2.51. The summed E-state index contributed by atoms with van der Waals surface area (Å²) < 4.78 is 25.3. The van der Waals surface area contributed by atoms with Crippen LogP contribution in [0.2, 0.25) is 0 Å². The van der Waals surface area contributed by atoms with Crippen LogP contribution in [-0.2, 0) is 16.4 Å². The van der Waals surface area contributed by atoms with Crippen LogP contribution >= 0.6 is 0 Å². The molecule has 0 aliphatic heterocycles. The number of para-hydroxylation sites is 1. The third-order valence-electron chi connectivity index (χ3n) is 3.95. The Morgan fingerprint density at radius 3 is 2.44 bits per heavy atom. The van der Waals surface area contributed by atoms with E-state index in [-0.39, 0.29) is 0 Å². The van der Waals surface area contributed by atoms with Crippen LogP contribution in [0.3, 0.4) is 0 Å². The van der Waals surface area contributed by atoms with Crippen molar-refractivity contribution in [3.8, 4) is 0 Å². The van der Waals surface area contributed by atoms with E-state index in [0.717, 1.165) is 28.7 Å². The standard InChI is InChI=1S/C18H20N4O2S/c1-22(2)25(23,24)15-9-7-14(8-10-15)11-12-19-18-16-5-3-4-6-17(16)20-13-21-18/h3-10,13H,11-12H2,1-2H3,(H,19,20,21). The third kappa shape index (κ3) is 3.78. The van der Waals surface area contributed by atoms with Crippen LogP contribution < -0.4 is 5.32 Å². The van der Waals surface area contributed by atoms with E-state index < -0.39 is 10.0 Å². The Balaban J connectivity index is 1.66. The molecule has 7 heteroatoms. The molecule has 3 rings (SSSR count). The summed E-state index contributed by atoms with van der Waals surface area (Å²) in [5, 5.41) is 4.31. The molecule has 1 aromatic heterocycles. The molecule has 0 aliphatic rings. The number of nitrogens with one attached hydrogen (secondary N) is 1. The SMILES string of the molecule is CN(C)S(=O)(=O)c1ccc(CCNc2ncnc3ccccc23)cc1. The molecule has 0 atom stereocenters. The van der Waals surface area contributed by atoms with E-state index in [4.69, 9.17) is 0 Å². The number of nitrogens with zero attached hydrogens (tertiary/aromatic N) is 3. The van der Waals surface area contributed by atoms with Gasteiger partial charge in [-0.3, -0.25) is 0 Å². The molecule has 0 saturated carbocycles. The number of hydrogen-bond donors (Lipinski definition) is 1. The third-order valence-corrected chi connectivity index (χ3v) is 5.78. The van der Waals surface area contributed by atoms with Gasteiger partial charge in [-0.05, 0) is 36.2 Å². The molecule has 0 unspecified atom stereocenters. The van der Waals surface area contributed by atoms with Crippen molar-refractivity contribution >= 4 is 26.7 Å². The maximum atomic E-state index is 12.1. The van der Waals surface area contributed by atoms with E-state index >= 15 is 0 Å². The van der Waals surface area contributed by atoms with Crippen LogP contribution in [0, 0.1) is 0 Å². The fraction of sp³-hybridized carbons (Fsp3) is 0.222. The lowest BCUT2D eigenvalue weighted by Gasteiger charge is -2.12. The van der Waals surface area contributed by atoms with Gasteiger partial charge in [-0.1, -0.05) is 24.3 Å². The van der Waals surface area contributed by atoms with Crippen LogP contribution in [0.5, 0.6) is 0 Å². The quantitative estimate of drug-likeness (QED) is 0.735. The molecule has 0 bridgehead atoms. The molecular formula is C18H20N4O2S. The summed E-state index contributed by atoms with van der Waals surface area (Å²) in [5.74, 6) is 0.803. The highest BCUT2D eigenvalue weighted by Crippen LogP contribution is 2.18. The van der Waals surface area contributed by atoms with Gasteiger partial charge >= 0.3 is 0 Å². The Morgan fingerprint density at radius 1 is 1.00 bits per heavy atom. The van der Waals surface area contributed by atoms with Crippen LogP contribution in [0.15, 0.2) is 59.8 Å². The highest BCUT2D eigenvalue weighted by atomic mass is 32.2.